The topological polar surface area (TPSA) is 99.0 Å². The third kappa shape index (κ3) is 6.11. The van der Waals surface area contributed by atoms with Crippen LogP contribution in [-0.2, 0) is 22.7 Å². The molecule has 9 heteroatoms. The van der Waals surface area contributed by atoms with E-state index in [4.69, 9.17) is 9.47 Å². The second-order valence-electron chi connectivity index (χ2n) is 6.66. The van der Waals surface area contributed by atoms with E-state index in [2.05, 4.69) is 0 Å². The number of amides is 1. The zero-order chi connectivity index (χ0) is 22.9. The maximum Gasteiger partial charge on any atom is 0.344 e. The molecule has 8 nitrogen and oxygen atoms in total. The fourth-order valence-electron chi connectivity index (χ4n) is 2.81. The standard InChI is InChI=1S/C23H19FN2O6/c24-19-11-12-20(23(28)25(26(29)30)14-17-7-3-1-4-8-17)21(13-19)31-16-22(27)32-15-18-9-5-2-6-10-18/h1-13H,14-16H2. The lowest BCUT2D eigenvalue weighted by molar-refractivity contribution is -0.635. The summed E-state index contributed by atoms with van der Waals surface area (Å²) in [6.45, 7) is -0.888. The Kier molecular flexibility index (Phi) is 7.47. The molecular weight excluding hydrogens is 419 g/mol. The van der Waals surface area contributed by atoms with Crippen molar-refractivity contribution in [3.63, 3.8) is 0 Å². The molecule has 3 aromatic carbocycles. The predicted molar refractivity (Wildman–Crippen MR) is 111 cm³/mol. The number of halogens is 1. The Morgan fingerprint density at radius 1 is 0.938 bits per heavy atom. The summed E-state index contributed by atoms with van der Waals surface area (Å²) in [6.07, 6.45) is 0. The van der Waals surface area contributed by atoms with E-state index in [9.17, 15) is 24.1 Å². The summed E-state index contributed by atoms with van der Waals surface area (Å²) >= 11 is 0. The van der Waals surface area contributed by atoms with Crippen molar-refractivity contribution in [3.05, 3.63) is 111 Å². The normalized spacial score (nSPS) is 10.3. The molecule has 1 amide bonds. The number of nitro groups is 1. The van der Waals surface area contributed by atoms with E-state index in [1.54, 1.807) is 54.6 Å². The largest absolute Gasteiger partial charge is 0.481 e. The Morgan fingerprint density at radius 2 is 1.56 bits per heavy atom. The van der Waals surface area contributed by atoms with Gasteiger partial charge in [0, 0.05) is 6.07 Å². The van der Waals surface area contributed by atoms with Crippen LogP contribution in [0.2, 0.25) is 0 Å². The number of benzene rings is 3. The number of carbonyl (C=O) groups excluding carboxylic acids is 2. The van der Waals surface area contributed by atoms with Crippen LogP contribution < -0.4 is 4.74 Å². The lowest BCUT2D eigenvalue weighted by atomic mass is 10.1. The van der Waals surface area contributed by atoms with Crippen LogP contribution in [0.15, 0.2) is 78.9 Å². The predicted octanol–water partition coefficient (Wildman–Crippen LogP) is 3.78. The summed E-state index contributed by atoms with van der Waals surface area (Å²) in [5, 5.41) is 11.0. The van der Waals surface area contributed by atoms with Gasteiger partial charge in [0.2, 0.25) is 0 Å². The molecule has 0 N–H and O–H groups in total. The van der Waals surface area contributed by atoms with Crippen LogP contribution in [0.5, 0.6) is 5.75 Å². The van der Waals surface area contributed by atoms with E-state index in [0.717, 1.165) is 23.8 Å². The molecule has 0 aromatic heterocycles. The fourth-order valence-corrected chi connectivity index (χ4v) is 2.81. The van der Waals surface area contributed by atoms with Gasteiger partial charge in [-0.2, -0.15) is 0 Å². The fraction of sp³-hybridized carbons (Fsp3) is 0.130. The van der Waals surface area contributed by atoms with Crippen LogP contribution in [0.4, 0.5) is 4.39 Å². The number of hydrogen-bond donors (Lipinski definition) is 0. The van der Waals surface area contributed by atoms with Crippen LogP contribution in [0.25, 0.3) is 0 Å². The van der Waals surface area contributed by atoms with Gasteiger partial charge in [0.1, 0.15) is 24.7 Å². The quantitative estimate of drug-likeness (QED) is 0.286. The van der Waals surface area contributed by atoms with E-state index in [-0.39, 0.29) is 24.5 Å². The average molecular weight is 438 g/mol. The second-order valence-corrected chi connectivity index (χ2v) is 6.66. The molecule has 3 rings (SSSR count). The monoisotopic (exact) mass is 438 g/mol. The average Bonchev–Trinajstić information content (AvgIpc) is 2.80. The van der Waals surface area contributed by atoms with Crippen molar-refractivity contribution < 1.29 is 28.5 Å². The van der Waals surface area contributed by atoms with E-state index < -0.39 is 29.3 Å². The van der Waals surface area contributed by atoms with Gasteiger partial charge in [-0.05, 0) is 23.3 Å². The van der Waals surface area contributed by atoms with Crippen molar-refractivity contribution in [1.29, 1.82) is 0 Å². The lowest BCUT2D eigenvalue weighted by Crippen LogP contribution is -2.36. The van der Waals surface area contributed by atoms with Crippen LogP contribution in [0.1, 0.15) is 21.5 Å². The molecule has 0 saturated carbocycles. The molecule has 0 unspecified atom stereocenters. The highest BCUT2D eigenvalue weighted by Gasteiger charge is 2.29. The Labute approximate surface area is 182 Å². The Bertz CT molecular complexity index is 1090. The molecule has 0 heterocycles. The molecule has 0 atom stereocenters. The number of carbonyl (C=O) groups is 2. The van der Waals surface area contributed by atoms with E-state index in [0.29, 0.717) is 10.6 Å². The summed E-state index contributed by atoms with van der Waals surface area (Å²) in [5.74, 6) is -2.78. The Balaban J connectivity index is 1.70. The summed E-state index contributed by atoms with van der Waals surface area (Å²) in [7, 11) is 0. The van der Waals surface area contributed by atoms with Gasteiger partial charge in [0.25, 0.3) is 0 Å². The number of hydrazine groups is 1. The van der Waals surface area contributed by atoms with Gasteiger partial charge >= 0.3 is 11.9 Å². The molecule has 3 aromatic rings. The van der Waals surface area contributed by atoms with Gasteiger partial charge in [-0.25, -0.2) is 19.3 Å². The third-order valence-electron chi connectivity index (χ3n) is 4.37. The van der Waals surface area contributed by atoms with Crippen molar-refractivity contribution in [1.82, 2.24) is 5.01 Å². The number of rotatable bonds is 9. The molecule has 0 radical (unpaired) electrons. The molecule has 0 aliphatic rings. The van der Waals surface area contributed by atoms with E-state index >= 15 is 0 Å². The van der Waals surface area contributed by atoms with Gasteiger partial charge in [-0.15, -0.1) is 0 Å². The molecule has 0 spiro atoms. The minimum atomic E-state index is -1.01. The number of ether oxygens (including phenoxy) is 2. The van der Waals surface area contributed by atoms with Crippen molar-refractivity contribution in [2.45, 2.75) is 13.2 Å². The molecular formula is C23H19FN2O6. The molecule has 0 aliphatic heterocycles. The minimum Gasteiger partial charge on any atom is -0.481 e. The second kappa shape index (κ2) is 10.7. The van der Waals surface area contributed by atoms with Crippen LogP contribution in [0, 0.1) is 15.9 Å². The summed E-state index contributed by atoms with van der Waals surface area (Å²) in [4.78, 5) is 36.3. The number of hydrogen-bond acceptors (Lipinski definition) is 6. The molecule has 0 bridgehead atoms. The first-order chi connectivity index (χ1) is 15.4. The van der Waals surface area contributed by atoms with E-state index in [1.165, 1.54) is 0 Å². The van der Waals surface area contributed by atoms with Crippen molar-refractivity contribution >= 4 is 11.9 Å². The zero-order valence-corrected chi connectivity index (χ0v) is 16.8. The minimum absolute atomic E-state index is 0.0180. The lowest BCUT2D eigenvalue weighted by Gasteiger charge is -2.15. The van der Waals surface area contributed by atoms with Crippen LogP contribution in [-0.4, -0.2) is 28.5 Å². The van der Waals surface area contributed by atoms with Gasteiger partial charge in [-0.1, -0.05) is 65.7 Å². The van der Waals surface area contributed by atoms with Gasteiger partial charge in [0.05, 0.1) is 5.56 Å². The SMILES string of the molecule is O=C(COc1cc(F)ccc1C(=O)N(Cc1ccccc1)[N+](=O)[O-])OCc1ccccc1. The number of esters is 1. The summed E-state index contributed by atoms with van der Waals surface area (Å²) < 4.78 is 24.1. The van der Waals surface area contributed by atoms with Crippen LogP contribution in [0.3, 0.4) is 0 Å². The van der Waals surface area contributed by atoms with Crippen LogP contribution >= 0.6 is 0 Å². The van der Waals surface area contributed by atoms with Gasteiger partial charge in [0.15, 0.2) is 11.6 Å². The molecule has 32 heavy (non-hydrogen) atoms. The highest BCUT2D eigenvalue weighted by atomic mass is 19.1. The molecule has 0 fully saturated rings. The Morgan fingerprint density at radius 3 is 2.19 bits per heavy atom. The maximum absolute atomic E-state index is 13.8. The Hall–Kier alpha value is -4.27. The summed E-state index contributed by atoms with van der Waals surface area (Å²) in [5.41, 5.74) is 1.05. The van der Waals surface area contributed by atoms with E-state index in [1.807, 2.05) is 6.07 Å². The smallest absolute Gasteiger partial charge is 0.344 e. The number of nitrogens with zero attached hydrogens (tertiary/aromatic N) is 2. The first kappa shape index (κ1) is 22.4. The van der Waals surface area contributed by atoms with Crippen molar-refractivity contribution in [2.24, 2.45) is 0 Å². The molecule has 0 aliphatic carbocycles. The summed E-state index contributed by atoms with van der Waals surface area (Å²) in [6, 6.07) is 20.3. The van der Waals surface area contributed by atoms with Crippen molar-refractivity contribution in [3.8, 4) is 5.75 Å². The first-order valence-electron chi connectivity index (χ1n) is 9.56. The third-order valence-corrected chi connectivity index (χ3v) is 4.37. The molecule has 0 saturated heterocycles. The van der Waals surface area contributed by atoms with Gasteiger partial charge in [-0.3, -0.25) is 4.79 Å². The van der Waals surface area contributed by atoms with Gasteiger partial charge < -0.3 is 9.47 Å². The molecule has 164 valence electrons. The zero-order valence-electron chi connectivity index (χ0n) is 16.8. The first-order valence-corrected chi connectivity index (χ1v) is 9.56. The highest BCUT2D eigenvalue weighted by Crippen LogP contribution is 2.23. The maximum atomic E-state index is 13.8. The van der Waals surface area contributed by atoms with Crippen molar-refractivity contribution in [2.75, 3.05) is 6.61 Å². The highest BCUT2D eigenvalue weighted by molar-refractivity contribution is 5.96.